The van der Waals surface area contributed by atoms with Crippen molar-refractivity contribution in [2.45, 2.75) is 31.5 Å². The molecule has 0 atom stereocenters. The van der Waals surface area contributed by atoms with Crippen molar-refractivity contribution in [3.63, 3.8) is 0 Å². The molecule has 0 aromatic heterocycles. The molecule has 0 bridgehead atoms. The minimum atomic E-state index is -1.33. The number of hydrogen-bond donors (Lipinski definition) is 0. The normalized spacial score (nSPS) is 20.9. The molecule has 2 aliphatic heterocycles. The van der Waals surface area contributed by atoms with Crippen LogP contribution in [-0.2, 0) is 26.5 Å². The third-order valence-electron chi connectivity index (χ3n) is 5.62. The van der Waals surface area contributed by atoms with Crippen LogP contribution >= 0.6 is 0 Å². The molecule has 1 amide bonds. The van der Waals surface area contributed by atoms with E-state index in [2.05, 4.69) is 0 Å². The lowest BCUT2D eigenvalue weighted by molar-refractivity contribution is -0.256. The summed E-state index contributed by atoms with van der Waals surface area (Å²) in [5.41, 5.74) is 3.21. The van der Waals surface area contributed by atoms with E-state index < -0.39 is 5.79 Å². The van der Waals surface area contributed by atoms with E-state index in [0.29, 0.717) is 37.7 Å². The van der Waals surface area contributed by atoms with E-state index in [1.54, 1.807) is 12.1 Å². The average molecular weight is 367 g/mol. The molecule has 1 saturated heterocycles. The second kappa shape index (κ2) is 6.43. The number of rotatable bonds is 4. The third-order valence-corrected chi connectivity index (χ3v) is 5.62. The van der Waals surface area contributed by atoms with Crippen molar-refractivity contribution in [2.75, 3.05) is 24.7 Å². The fourth-order valence-corrected chi connectivity index (χ4v) is 4.01. The van der Waals surface area contributed by atoms with Crippen molar-refractivity contribution in [2.24, 2.45) is 5.92 Å². The fraction of sp³-hybridized carbons (Fsp3) is 0.409. The first kappa shape index (κ1) is 16.9. The number of benzene rings is 2. The smallest absolute Gasteiger partial charge is 0.292 e. The molecule has 2 heterocycles. The van der Waals surface area contributed by atoms with Crippen LogP contribution in [0.15, 0.2) is 42.5 Å². The van der Waals surface area contributed by atoms with Crippen LogP contribution < -0.4 is 4.90 Å². The molecule has 5 rings (SSSR count). The molecule has 1 saturated carbocycles. The van der Waals surface area contributed by atoms with E-state index in [-0.39, 0.29) is 11.7 Å². The molecule has 1 spiro atoms. The lowest BCUT2D eigenvalue weighted by Crippen LogP contribution is -2.47. The largest absolute Gasteiger partial charge is 0.338 e. The second-order valence-electron chi connectivity index (χ2n) is 7.65. The summed E-state index contributed by atoms with van der Waals surface area (Å²) in [6, 6.07) is 12.7. The van der Waals surface area contributed by atoms with E-state index >= 15 is 0 Å². The maximum atomic E-state index is 14.1. The van der Waals surface area contributed by atoms with Gasteiger partial charge in [-0.3, -0.25) is 4.79 Å². The minimum Gasteiger partial charge on any atom is -0.338 e. The Hall–Kier alpha value is -2.24. The predicted molar refractivity (Wildman–Crippen MR) is 98.9 cm³/mol. The van der Waals surface area contributed by atoms with Crippen LogP contribution in [0.1, 0.15) is 36.0 Å². The van der Waals surface area contributed by atoms with Gasteiger partial charge in [0.15, 0.2) is 0 Å². The van der Waals surface area contributed by atoms with E-state index in [4.69, 9.17) is 9.47 Å². The molecule has 5 heteroatoms. The highest BCUT2D eigenvalue weighted by atomic mass is 19.1. The third kappa shape index (κ3) is 2.86. The quantitative estimate of drug-likeness (QED) is 0.826. The number of carbonyl (C=O) groups is 1. The Kier molecular flexibility index (Phi) is 4.02. The molecule has 0 unspecified atom stereocenters. The standard InChI is InChI=1S/C22H22FNO3/c23-19-5-2-1-4-17(19)12-16-8-9-20-18(13-16)22(26-10-3-11-27-22)21(25)24(20)14-15-6-7-15/h1-2,4-5,8-9,13,15H,3,6-7,10-12,14H2. The molecule has 1 aliphatic carbocycles. The Morgan fingerprint density at radius 2 is 1.89 bits per heavy atom. The number of hydrogen-bond acceptors (Lipinski definition) is 3. The summed E-state index contributed by atoms with van der Waals surface area (Å²) in [4.78, 5) is 15.1. The molecule has 0 N–H and O–H groups in total. The zero-order valence-corrected chi connectivity index (χ0v) is 15.1. The fourth-order valence-electron chi connectivity index (χ4n) is 4.01. The molecule has 2 fully saturated rings. The van der Waals surface area contributed by atoms with E-state index in [1.165, 1.54) is 18.9 Å². The average Bonchev–Trinajstić information content (AvgIpc) is 3.49. The first-order valence-electron chi connectivity index (χ1n) is 9.64. The van der Waals surface area contributed by atoms with Gasteiger partial charge in [-0.15, -0.1) is 0 Å². The van der Waals surface area contributed by atoms with Crippen LogP contribution in [0.25, 0.3) is 0 Å². The topological polar surface area (TPSA) is 38.8 Å². The number of amides is 1. The van der Waals surface area contributed by atoms with Crippen molar-refractivity contribution < 1.29 is 18.7 Å². The SMILES string of the molecule is O=C1N(CC2CC2)c2ccc(Cc3ccccc3F)cc2C12OCCCO2. The van der Waals surface area contributed by atoms with Crippen molar-refractivity contribution >= 4 is 11.6 Å². The molecule has 3 aliphatic rings. The van der Waals surface area contributed by atoms with E-state index in [9.17, 15) is 9.18 Å². The van der Waals surface area contributed by atoms with Gasteiger partial charge >= 0.3 is 0 Å². The Balaban J connectivity index is 1.54. The van der Waals surface area contributed by atoms with Crippen LogP contribution in [0.3, 0.4) is 0 Å². The van der Waals surface area contributed by atoms with E-state index in [1.807, 2.05) is 29.2 Å². The van der Waals surface area contributed by atoms with Crippen molar-refractivity contribution in [3.8, 4) is 0 Å². The number of carbonyl (C=O) groups excluding carboxylic acids is 1. The monoisotopic (exact) mass is 367 g/mol. The zero-order valence-electron chi connectivity index (χ0n) is 15.1. The Labute approximate surface area is 157 Å². The molecular formula is C22H22FNO3. The molecule has 0 radical (unpaired) electrons. The molecule has 2 aromatic rings. The first-order chi connectivity index (χ1) is 13.2. The van der Waals surface area contributed by atoms with Crippen molar-refractivity contribution in [1.82, 2.24) is 0 Å². The summed E-state index contributed by atoms with van der Waals surface area (Å²) in [6.07, 6.45) is 3.58. The zero-order chi connectivity index (χ0) is 18.4. The summed E-state index contributed by atoms with van der Waals surface area (Å²) in [5.74, 6) is -1.09. The summed E-state index contributed by atoms with van der Waals surface area (Å²) in [5, 5.41) is 0. The first-order valence-corrected chi connectivity index (χ1v) is 9.64. The van der Waals surface area contributed by atoms with Crippen LogP contribution in [0, 0.1) is 11.7 Å². The van der Waals surface area contributed by atoms with Gasteiger partial charge in [0.1, 0.15) is 5.82 Å². The maximum absolute atomic E-state index is 14.1. The minimum absolute atomic E-state index is 0.118. The summed E-state index contributed by atoms with van der Waals surface area (Å²) >= 11 is 0. The van der Waals surface area contributed by atoms with Gasteiger partial charge in [-0.25, -0.2) is 4.39 Å². The highest BCUT2D eigenvalue weighted by Crippen LogP contribution is 2.47. The highest BCUT2D eigenvalue weighted by molar-refractivity contribution is 6.06. The maximum Gasteiger partial charge on any atom is 0.292 e. The van der Waals surface area contributed by atoms with Gasteiger partial charge in [-0.1, -0.05) is 24.3 Å². The number of ether oxygens (including phenoxy) is 2. The second-order valence-corrected chi connectivity index (χ2v) is 7.65. The molecule has 4 nitrogen and oxygen atoms in total. The molecule has 27 heavy (non-hydrogen) atoms. The van der Waals surface area contributed by atoms with Crippen LogP contribution in [0.5, 0.6) is 0 Å². The summed E-state index contributed by atoms with van der Waals surface area (Å²) in [7, 11) is 0. The van der Waals surface area contributed by atoms with Gasteiger partial charge in [-0.2, -0.15) is 0 Å². The van der Waals surface area contributed by atoms with Crippen molar-refractivity contribution in [3.05, 3.63) is 65.0 Å². The Morgan fingerprint density at radius 3 is 2.63 bits per heavy atom. The van der Waals surface area contributed by atoms with Gasteiger partial charge in [0.25, 0.3) is 11.7 Å². The number of halogens is 1. The predicted octanol–water partition coefficient (Wildman–Crippen LogP) is 3.76. The molecule has 140 valence electrons. The van der Waals surface area contributed by atoms with Gasteiger partial charge in [0, 0.05) is 18.5 Å². The van der Waals surface area contributed by atoms with Gasteiger partial charge < -0.3 is 14.4 Å². The summed E-state index contributed by atoms with van der Waals surface area (Å²) < 4.78 is 25.9. The number of nitrogens with zero attached hydrogens (tertiary/aromatic N) is 1. The van der Waals surface area contributed by atoms with Crippen molar-refractivity contribution in [1.29, 1.82) is 0 Å². The lowest BCUT2D eigenvalue weighted by Gasteiger charge is -2.32. The number of anilines is 1. The van der Waals surface area contributed by atoms with Crippen LogP contribution in [0.4, 0.5) is 10.1 Å². The number of fused-ring (bicyclic) bond motifs is 2. The molecule has 2 aromatic carbocycles. The van der Waals surface area contributed by atoms with Crippen LogP contribution in [0.2, 0.25) is 0 Å². The molecular weight excluding hydrogens is 345 g/mol. The van der Waals surface area contributed by atoms with Gasteiger partial charge in [0.05, 0.1) is 18.9 Å². The van der Waals surface area contributed by atoms with E-state index in [0.717, 1.165) is 23.2 Å². The summed E-state index contributed by atoms with van der Waals surface area (Å²) in [6.45, 7) is 1.72. The van der Waals surface area contributed by atoms with Crippen LogP contribution in [-0.4, -0.2) is 25.7 Å². The van der Waals surface area contributed by atoms with Gasteiger partial charge in [0.2, 0.25) is 0 Å². The lowest BCUT2D eigenvalue weighted by atomic mass is 9.98. The highest BCUT2D eigenvalue weighted by Gasteiger charge is 2.55. The Bertz CT molecular complexity index is 887. The van der Waals surface area contributed by atoms with Gasteiger partial charge in [-0.05, 0) is 54.5 Å². The Morgan fingerprint density at radius 1 is 1.11 bits per heavy atom.